The van der Waals surface area contributed by atoms with E-state index in [9.17, 15) is 14.5 Å². The van der Waals surface area contributed by atoms with Gasteiger partial charge < -0.3 is 15.8 Å². The number of pyridine rings is 1. The van der Waals surface area contributed by atoms with E-state index in [0.717, 1.165) is 6.07 Å². The lowest BCUT2D eigenvalue weighted by Gasteiger charge is -2.08. The number of hydrogen-bond donors (Lipinski definition) is 2. The highest BCUT2D eigenvalue weighted by Crippen LogP contribution is 2.28. The predicted molar refractivity (Wildman–Crippen MR) is 71.5 cm³/mol. The second kappa shape index (κ2) is 5.39. The number of benzene rings is 1. The molecular weight excluding hydrogens is 267 g/mol. The Labute approximate surface area is 113 Å². The van der Waals surface area contributed by atoms with Crippen molar-refractivity contribution >= 4 is 23.0 Å². The zero-order valence-electron chi connectivity index (χ0n) is 10.5. The first-order chi connectivity index (χ1) is 9.51. The maximum absolute atomic E-state index is 13.5. The van der Waals surface area contributed by atoms with Crippen LogP contribution >= 0.6 is 0 Å². The SMILES string of the molecule is COc1ccc(Nc2nc(N)ccc2[N+](=O)[O-])cc1F. The van der Waals surface area contributed by atoms with E-state index in [1.807, 2.05) is 0 Å². The molecule has 104 valence electrons. The van der Waals surface area contributed by atoms with Gasteiger partial charge in [-0.05, 0) is 18.2 Å². The number of aromatic nitrogens is 1. The zero-order valence-corrected chi connectivity index (χ0v) is 10.5. The fraction of sp³-hybridized carbons (Fsp3) is 0.0833. The average molecular weight is 278 g/mol. The quantitative estimate of drug-likeness (QED) is 0.657. The van der Waals surface area contributed by atoms with Gasteiger partial charge in [0, 0.05) is 17.8 Å². The molecule has 0 aliphatic carbocycles. The molecule has 0 fully saturated rings. The molecule has 0 amide bonds. The molecule has 20 heavy (non-hydrogen) atoms. The van der Waals surface area contributed by atoms with Gasteiger partial charge in [-0.15, -0.1) is 0 Å². The largest absolute Gasteiger partial charge is 0.494 e. The fourth-order valence-corrected chi connectivity index (χ4v) is 1.59. The van der Waals surface area contributed by atoms with Crippen molar-refractivity contribution in [2.75, 3.05) is 18.2 Å². The molecule has 0 radical (unpaired) electrons. The number of rotatable bonds is 4. The molecule has 0 aliphatic rings. The maximum Gasteiger partial charge on any atom is 0.311 e. The third kappa shape index (κ3) is 2.74. The topological polar surface area (TPSA) is 103 Å². The number of nitrogens with two attached hydrogens (primary N) is 1. The van der Waals surface area contributed by atoms with Gasteiger partial charge in [-0.3, -0.25) is 10.1 Å². The van der Waals surface area contributed by atoms with Crippen molar-refractivity contribution in [2.24, 2.45) is 0 Å². The van der Waals surface area contributed by atoms with Gasteiger partial charge in [0.2, 0.25) is 5.82 Å². The minimum absolute atomic E-state index is 0.0560. The van der Waals surface area contributed by atoms with Crippen LogP contribution in [0.25, 0.3) is 0 Å². The number of nitrogens with zero attached hydrogens (tertiary/aromatic N) is 2. The molecule has 8 heteroatoms. The second-order valence-corrected chi connectivity index (χ2v) is 3.84. The normalized spacial score (nSPS) is 10.1. The number of methoxy groups -OCH3 is 1. The van der Waals surface area contributed by atoms with Crippen LogP contribution in [0.2, 0.25) is 0 Å². The van der Waals surface area contributed by atoms with E-state index in [1.54, 1.807) is 0 Å². The summed E-state index contributed by atoms with van der Waals surface area (Å²) in [6, 6.07) is 6.60. The lowest BCUT2D eigenvalue weighted by molar-refractivity contribution is -0.384. The standard InChI is InChI=1S/C12H11FN4O3/c1-20-10-4-2-7(6-8(10)13)15-12-9(17(18)19)3-5-11(14)16-12/h2-6H,1H3,(H3,14,15,16). The van der Waals surface area contributed by atoms with Gasteiger partial charge in [0.1, 0.15) is 5.82 Å². The Balaban J connectivity index is 2.36. The van der Waals surface area contributed by atoms with Crippen molar-refractivity contribution in [3.8, 4) is 5.75 Å². The third-order valence-corrected chi connectivity index (χ3v) is 2.51. The highest BCUT2D eigenvalue weighted by Gasteiger charge is 2.16. The van der Waals surface area contributed by atoms with Gasteiger partial charge >= 0.3 is 5.69 Å². The lowest BCUT2D eigenvalue weighted by atomic mass is 10.2. The van der Waals surface area contributed by atoms with E-state index in [4.69, 9.17) is 10.5 Å². The molecule has 0 aliphatic heterocycles. The smallest absolute Gasteiger partial charge is 0.311 e. The minimum atomic E-state index is -0.603. The van der Waals surface area contributed by atoms with Crippen LogP contribution in [0.4, 0.5) is 27.4 Å². The highest BCUT2D eigenvalue weighted by molar-refractivity contribution is 5.67. The van der Waals surface area contributed by atoms with E-state index in [2.05, 4.69) is 10.3 Å². The summed E-state index contributed by atoms with van der Waals surface area (Å²) in [6.07, 6.45) is 0. The number of ether oxygens (including phenoxy) is 1. The van der Waals surface area contributed by atoms with Crippen LogP contribution in [0.5, 0.6) is 5.75 Å². The van der Waals surface area contributed by atoms with Crippen LogP contribution in [-0.4, -0.2) is 17.0 Å². The zero-order chi connectivity index (χ0) is 14.7. The minimum Gasteiger partial charge on any atom is -0.494 e. The molecule has 0 unspecified atom stereocenters. The van der Waals surface area contributed by atoms with Crippen molar-refractivity contribution in [1.82, 2.24) is 4.98 Å². The fourth-order valence-electron chi connectivity index (χ4n) is 1.59. The van der Waals surface area contributed by atoms with E-state index in [0.29, 0.717) is 5.69 Å². The number of nitro groups is 1. The molecule has 2 aromatic rings. The van der Waals surface area contributed by atoms with Gasteiger partial charge in [0.25, 0.3) is 0 Å². The Morgan fingerprint density at radius 3 is 2.75 bits per heavy atom. The summed E-state index contributed by atoms with van der Waals surface area (Å²) >= 11 is 0. The Hall–Kier alpha value is -2.90. The summed E-state index contributed by atoms with van der Waals surface area (Å²) in [5.41, 5.74) is 5.53. The van der Waals surface area contributed by atoms with Crippen LogP contribution in [0, 0.1) is 15.9 Å². The summed E-state index contributed by atoms with van der Waals surface area (Å²) in [6.45, 7) is 0. The average Bonchev–Trinajstić information content (AvgIpc) is 2.38. The van der Waals surface area contributed by atoms with Crippen molar-refractivity contribution in [3.63, 3.8) is 0 Å². The first-order valence-corrected chi connectivity index (χ1v) is 5.52. The molecule has 7 nitrogen and oxygen atoms in total. The Morgan fingerprint density at radius 1 is 1.40 bits per heavy atom. The Morgan fingerprint density at radius 2 is 2.15 bits per heavy atom. The van der Waals surface area contributed by atoms with Gasteiger partial charge in [-0.25, -0.2) is 9.37 Å². The van der Waals surface area contributed by atoms with Crippen molar-refractivity contribution in [3.05, 3.63) is 46.3 Å². The first-order valence-electron chi connectivity index (χ1n) is 5.52. The van der Waals surface area contributed by atoms with E-state index >= 15 is 0 Å². The van der Waals surface area contributed by atoms with Crippen LogP contribution in [0.15, 0.2) is 30.3 Å². The van der Waals surface area contributed by atoms with Gasteiger partial charge in [0.15, 0.2) is 11.6 Å². The molecule has 1 aromatic heterocycles. The molecule has 1 heterocycles. The molecule has 2 rings (SSSR count). The van der Waals surface area contributed by atoms with Gasteiger partial charge in [0.05, 0.1) is 12.0 Å². The summed E-state index contributed by atoms with van der Waals surface area (Å²) in [5, 5.41) is 13.5. The molecule has 3 N–H and O–H groups in total. The van der Waals surface area contributed by atoms with Crippen LogP contribution in [0.3, 0.4) is 0 Å². The number of halogens is 1. The maximum atomic E-state index is 13.5. The number of hydrogen-bond acceptors (Lipinski definition) is 6. The van der Waals surface area contributed by atoms with Gasteiger partial charge in [-0.2, -0.15) is 0 Å². The molecule has 0 atom stereocenters. The van der Waals surface area contributed by atoms with Crippen molar-refractivity contribution in [1.29, 1.82) is 0 Å². The lowest BCUT2D eigenvalue weighted by Crippen LogP contribution is -2.02. The van der Waals surface area contributed by atoms with Crippen LogP contribution in [0.1, 0.15) is 0 Å². The summed E-state index contributed by atoms with van der Waals surface area (Å²) in [4.78, 5) is 14.1. The van der Waals surface area contributed by atoms with E-state index < -0.39 is 10.7 Å². The molecule has 0 bridgehead atoms. The monoisotopic (exact) mass is 278 g/mol. The molecule has 0 saturated carbocycles. The summed E-state index contributed by atoms with van der Waals surface area (Å²) in [5.74, 6) is -0.457. The molecule has 1 aromatic carbocycles. The Kier molecular flexibility index (Phi) is 3.65. The predicted octanol–water partition coefficient (Wildman–Crippen LogP) is 2.46. The molecule has 0 saturated heterocycles. The summed E-state index contributed by atoms with van der Waals surface area (Å²) in [7, 11) is 1.34. The highest BCUT2D eigenvalue weighted by atomic mass is 19.1. The van der Waals surface area contributed by atoms with Crippen LogP contribution in [-0.2, 0) is 0 Å². The van der Waals surface area contributed by atoms with E-state index in [-0.39, 0.29) is 23.1 Å². The number of anilines is 3. The van der Waals surface area contributed by atoms with E-state index in [1.165, 1.54) is 31.4 Å². The van der Waals surface area contributed by atoms with Gasteiger partial charge in [-0.1, -0.05) is 0 Å². The van der Waals surface area contributed by atoms with Crippen molar-refractivity contribution < 1.29 is 14.1 Å². The number of nitrogen functional groups attached to an aromatic ring is 1. The number of nitrogens with one attached hydrogen (secondary N) is 1. The molecule has 0 spiro atoms. The third-order valence-electron chi connectivity index (χ3n) is 2.51. The molecular formula is C12H11FN4O3. The van der Waals surface area contributed by atoms with Crippen LogP contribution < -0.4 is 15.8 Å². The Bertz CT molecular complexity index is 663. The second-order valence-electron chi connectivity index (χ2n) is 3.84. The van der Waals surface area contributed by atoms with Crippen molar-refractivity contribution in [2.45, 2.75) is 0 Å². The summed E-state index contributed by atoms with van der Waals surface area (Å²) < 4.78 is 18.3. The first kappa shape index (κ1) is 13.5.